The molecule has 2 heterocycles. The van der Waals surface area contributed by atoms with Gasteiger partial charge in [-0.3, -0.25) is 24.1 Å². The molecule has 1 aliphatic heterocycles. The topological polar surface area (TPSA) is 122 Å². The van der Waals surface area contributed by atoms with Gasteiger partial charge in [-0.25, -0.2) is 4.79 Å². The molecule has 1 spiro atoms. The maximum absolute atomic E-state index is 12.5. The van der Waals surface area contributed by atoms with E-state index in [-0.39, 0.29) is 5.91 Å². The van der Waals surface area contributed by atoms with Crippen LogP contribution in [0.1, 0.15) is 47.2 Å². The van der Waals surface area contributed by atoms with Crippen LogP contribution in [-0.4, -0.2) is 53.2 Å². The number of hydrogen-bond acceptors (Lipinski definition) is 7. The first-order chi connectivity index (χ1) is 13.3. The summed E-state index contributed by atoms with van der Waals surface area (Å²) in [7, 11) is 0. The van der Waals surface area contributed by atoms with Gasteiger partial charge in [0.05, 0.1) is 11.4 Å². The zero-order valence-corrected chi connectivity index (χ0v) is 16.2. The number of ketones is 1. The molecule has 28 heavy (non-hydrogen) atoms. The van der Waals surface area contributed by atoms with E-state index in [9.17, 15) is 24.0 Å². The standard InChI is InChI=1S/C18H21N3O6S/c1-11(22)19-8-12-4-5-14(28-12)13(23)10-27-15(24)9-21-16(25)18(20-17(21)26)6-2-3-7-18/h4-5H,2-3,6-10H2,1H3,(H,19,22)(H,20,26). The molecule has 0 unspecified atom stereocenters. The van der Waals surface area contributed by atoms with Gasteiger partial charge in [-0.2, -0.15) is 0 Å². The number of carbonyl (C=O) groups excluding carboxylic acids is 5. The molecule has 1 saturated carbocycles. The Hall–Kier alpha value is -2.75. The van der Waals surface area contributed by atoms with Crippen molar-refractivity contribution in [1.29, 1.82) is 0 Å². The van der Waals surface area contributed by atoms with Crippen LogP contribution >= 0.6 is 11.3 Å². The first-order valence-corrected chi connectivity index (χ1v) is 9.78. The van der Waals surface area contributed by atoms with E-state index in [0.29, 0.717) is 24.3 Å². The van der Waals surface area contributed by atoms with Gasteiger partial charge in [0.2, 0.25) is 11.7 Å². The van der Waals surface area contributed by atoms with Gasteiger partial charge in [-0.1, -0.05) is 12.8 Å². The number of carbonyl (C=O) groups is 5. The van der Waals surface area contributed by atoms with Crippen LogP contribution in [0.4, 0.5) is 4.79 Å². The predicted octanol–water partition coefficient (Wildman–Crippen LogP) is 0.975. The molecule has 2 N–H and O–H groups in total. The highest BCUT2D eigenvalue weighted by Crippen LogP contribution is 2.34. The average Bonchev–Trinajstić information content (AvgIpc) is 3.36. The minimum Gasteiger partial charge on any atom is -0.456 e. The summed E-state index contributed by atoms with van der Waals surface area (Å²) in [4.78, 5) is 61.7. The van der Waals surface area contributed by atoms with Crippen molar-refractivity contribution in [3.8, 4) is 0 Å². The van der Waals surface area contributed by atoms with Crippen LogP contribution in [0.3, 0.4) is 0 Å². The summed E-state index contributed by atoms with van der Waals surface area (Å²) in [5.74, 6) is -1.78. The van der Waals surface area contributed by atoms with Crippen LogP contribution in [0.15, 0.2) is 12.1 Å². The molecule has 0 radical (unpaired) electrons. The summed E-state index contributed by atoms with van der Waals surface area (Å²) in [6.07, 6.45) is 2.84. The maximum atomic E-state index is 12.5. The van der Waals surface area contributed by atoms with Crippen molar-refractivity contribution in [2.75, 3.05) is 13.2 Å². The molecule has 2 fully saturated rings. The highest BCUT2D eigenvalue weighted by Gasteiger charge is 2.52. The zero-order chi connectivity index (χ0) is 20.3. The number of urea groups is 1. The highest BCUT2D eigenvalue weighted by atomic mass is 32.1. The molecule has 150 valence electrons. The number of ether oxygens (including phenoxy) is 1. The molecule has 3 rings (SSSR count). The van der Waals surface area contributed by atoms with Crippen molar-refractivity contribution in [2.45, 2.75) is 44.7 Å². The number of thiophene rings is 1. The van der Waals surface area contributed by atoms with Gasteiger partial charge < -0.3 is 15.4 Å². The lowest BCUT2D eigenvalue weighted by molar-refractivity contribution is -0.146. The summed E-state index contributed by atoms with van der Waals surface area (Å²) >= 11 is 1.20. The van der Waals surface area contributed by atoms with Gasteiger partial charge >= 0.3 is 12.0 Å². The Morgan fingerprint density at radius 2 is 1.96 bits per heavy atom. The lowest BCUT2D eigenvalue weighted by atomic mass is 9.98. The Labute approximate surface area is 165 Å². The second kappa shape index (κ2) is 8.09. The molecule has 0 aromatic carbocycles. The zero-order valence-electron chi connectivity index (χ0n) is 15.4. The number of esters is 1. The molecule has 2 aliphatic rings. The number of imide groups is 1. The van der Waals surface area contributed by atoms with Crippen molar-refractivity contribution in [3.63, 3.8) is 0 Å². The van der Waals surface area contributed by atoms with E-state index in [0.717, 1.165) is 22.6 Å². The van der Waals surface area contributed by atoms with Crippen molar-refractivity contribution in [1.82, 2.24) is 15.5 Å². The van der Waals surface area contributed by atoms with Crippen LogP contribution in [0.5, 0.6) is 0 Å². The van der Waals surface area contributed by atoms with Crippen molar-refractivity contribution in [2.24, 2.45) is 0 Å². The van der Waals surface area contributed by atoms with E-state index in [1.807, 2.05) is 0 Å². The van der Waals surface area contributed by atoms with Crippen LogP contribution in [0.2, 0.25) is 0 Å². The fourth-order valence-corrected chi connectivity index (χ4v) is 4.24. The van der Waals surface area contributed by atoms with Crippen LogP contribution < -0.4 is 10.6 Å². The number of rotatable bonds is 7. The largest absolute Gasteiger partial charge is 0.456 e. The third-order valence-corrected chi connectivity index (χ3v) is 5.93. The maximum Gasteiger partial charge on any atom is 0.326 e. The third-order valence-electron chi connectivity index (χ3n) is 4.80. The molecule has 10 heteroatoms. The minimum absolute atomic E-state index is 0.171. The summed E-state index contributed by atoms with van der Waals surface area (Å²) in [6.45, 7) is 0.728. The Balaban J connectivity index is 1.49. The first-order valence-electron chi connectivity index (χ1n) is 8.97. The first kappa shape index (κ1) is 20.0. The van der Waals surface area contributed by atoms with Gasteiger partial charge in [0.15, 0.2) is 6.61 Å². The van der Waals surface area contributed by atoms with Crippen molar-refractivity contribution >= 4 is 40.9 Å². The third kappa shape index (κ3) is 4.22. The smallest absolute Gasteiger partial charge is 0.326 e. The fourth-order valence-electron chi connectivity index (χ4n) is 3.36. The van der Waals surface area contributed by atoms with E-state index >= 15 is 0 Å². The molecule has 9 nitrogen and oxygen atoms in total. The minimum atomic E-state index is -0.880. The van der Waals surface area contributed by atoms with E-state index in [4.69, 9.17) is 4.74 Å². The number of hydrogen-bond donors (Lipinski definition) is 2. The number of nitrogens with zero attached hydrogens (tertiary/aromatic N) is 1. The van der Waals surface area contributed by atoms with Crippen molar-refractivity contribution in [3.05, 3.63) is 21.9 Å². The van der Waals surface area contributed by atoms with Gasteiger partial charge in [0.25, 0.3) is 5.91 Å². The molecular formula is C18H21N3O6S. The molecule has 0 bridgehead atoms. The average molecular weight is 407 g/mol. The Bertz CT molecular complexity index is 827. The number of nitrogens with one attached hydrogen (secondary N) is 2. The molecule has 1 aromatic rings. The molecule has 0 atom stereocenters. The van der Waals surface area contributed by atoms with Gasteiger partial charge in [-0.05, 0) is 25.0 Å². The quantitative estimate of drug-likeness (QED) is 0.395. The molecule has 1 saturated heterocycles. The lowest BCUT2D eigenvalue weighted by Crippen LogP contribution is -2.44. The fraction of sp³-hybridized carbons (Fsp3) is 0.500. The molecule has 4 amide bonds. The van der Waals surface area contributed by atoms with E-state index in [1.165, 1.54) is 18.3 Å². The van der Waals surface area contributed by atoms with Gasteiger partial charge in [0, 0.05) is 11.8 Å². The van der Waals surface area contributed by atoms with Crippen molar-refractivity contribution < 1.29 is 28.7 Å². The van der Waals surface area contributed by atoms with Crippen LogP contribution in [-0.2, 0) is 25.7 Å². The second-order valence-electron chi connectivity index (χ2n) is 6.87. The summed E-state index contributed by atoms with van der Waals surface area (Å²) < 4.78 is 4.95. The van der Waals surface area contributed by atoms with Crippen LogP contribution in [0.25, 0.3) is 0 Å². The number of amides is 4. The van der Waals surface area contributed by atoms with Crippen LogP contribution in [0, 0.1) is 0 Å². The Morgan fingerprint density at radius 1 is 1.25 bits per heavy atom. The Kier molecular flexibility index (Phi) is 5.78. The molecular weight excluding hydrogens is 386 g/mol. The second-order valence-corrected chi connectivity index (χ2v) is 8.04. The summed E-state index contributed by atoms with van der Waals surface area (Å²) in [5.41, 5.74) is -0.880. The number of Topliss-reactive ketones (excluding diaryl/α,β-unsaturated/α-hetero) is 1. The predicted molar refractivity (Wildman–Crippen MR) is 98.6 cm³/mol. The van der Waals surface area contributed by atoms with E-state index in [2.05, 4.69) is 10.6 Å². The lowest BCUT2D eigenvalue weighted by Gasteiger charge is -2.19. The molecule has 1 aliphatic carbocycles. The van der Waals surface area contributed by atoms with Gasteiger partial charge in [0.1, 0.15) is 12.1 Å². The molecule has 1 aromatic heterocycles. The highest BCUT2D eigenvalue weighted by molar-refractivity contribution is 7.14. The van der Waals surface area contributed by atoms with E-state index < -0.39 is 42.4 Å². The summed E-state index contributed by atoms with van der Waals surface area (Å²) in [5, 5.41) is 5.32. The normalized spacial score (nSPS) is 17.7. The summed E-state index contributed by atoms with van der Waals surface area (Å²) in [6, 6.07) is 2.71. The monoisotopic (exact) mass is 407 g/mol. The van der Waals surface area contributed by atoms with E-state index in [1.54, 1.807) is 12.1 Å². The van der Waals surface area contributed by atoms with Gasteiger partial charge in [-0.15, -0.1) is 11.3 Å². The Morgan fingerprint density at radius 3 is 2.64 bits per heavy atom. The SMILES string of the molecule is CC(=O)NCc1ccc(C(=O)COC(=O)CN2C(=O)NC3(CCCC3)C2=O)s1.